The number of carbonyl (C=O) groups is 1. The second-order valence-corrected chi connectivity index (χ2v) is 5.88. The third-order valence-electron chi connectivity index (χ3n) is 3.64. The molecular formula is C16H12N6O3S. The van der Waals surface area contributed by atoms with E-state index in [4.69, 9.17) is 0 Å². The molecule has 4 rings (SSSR count). The van der Waals surface area contributed by atoms with E-state index >= 15 is 0 Å². The van der Waals surface area contributed by atoms with Crippen molar-refractivity contribution in [3.05, 3.63) is 47.5 Å². The number of hydrogen-bond donors (Lipinski definition) is 1. The zero-order valence-corrected chi connectivity index (χ0v) is 14.3. The van der Waals surface area contributed by atoms with E-state index in [2.05, 4.69) is 24.7 Å². The number of hydroxylamine groups is 1. The summed E-state index contributed by atoms with van der Waals surface area (Å²) in [7, 11) is 1.17. The molecule has 0 saturated heterocycles. The Kier molecular flexibility index (Phi) is 4.03. The summed E-state index contributed by atoms with van der Waals surface area (Å²) in [4.78, 5) is 28.8. The summed E-state index contributed by atoms with van der Waals surface area (Å²) < 4.78 is 6.23. The molecule has 0 radical (unpaired) electrons. The summed E-state index contributed by atoms with van der Waals surface area (Å²) >= 11 is 1.46. The molecule has 0 bridgehead atoms. The van der Waals surface area contributed by atoms with Crippen molar-refractivity contribution in [2.24, 2.45) is 0 Å². The fourth-order valence-corrected chi connectivity index (χ4v) is 2.98. The van der Waals surface area contributed by atoms with Crippen molar-refractivity contribution in [1.29, 1.82) is 0 Å². The number of benzene rings is 1. The minimum atomic E-state index is -0.933. The maximum absolute atomic E-state index is 11.4. The van der Waals surface area contributed by atoms with E-state index in [1.807, 2.05) is 29.6 Å². The van der Waals surface area contributed by atoms with E-state index in [-0.39, 0.29) is 5.69 Å². The van der Waals surface area contributed by atoms with Gasteiger partial charge in [-0.2, -0.15) is 5.06 Å². The van der Waals surface area contributed by atoms with Gasteiger partial charge in [-0.1, -0.05) is 12.1 Å². The predicted molar refractivity (Wildman–Crippen MR) is 94.4 cm³/mol. The standard InChI is InChI=1S/C16H12N6O3S/c1-25-16(23)22(24)10-6-17-15(18-7-10)21-13-5-3-2-4-11(13)20-14(21)12-8-26-9-19-12/h2-9,24H,1H3. The fourth-order valence-electron chi connectivity index (χ4n) is 2.45. The summed E-state index contributed by atoms with van der Waals surface area (Å²) in [5.41, 5.74) is 4.11. The van der Waals surface area contributed by atoms with Crippen LogP contribution >= 0.6 is 11.3 Å². The summed E-state index contributed by atoms with van der Waals surface area (Å²) in [6.45, 7) is 0. The predicted octanol–water partition coefficient (Wildman–Crippen LogP) is 2.90. The highest BCUT2D eigenvalue weighted by Gasteiger charge is 2.19. The number of rotatable bonds is 3. The topological polar surface area (TPSA) is 106 Å². The lowest BCUT2D eigenvalue weighted by atomic mass is 10.3. The summed E-state index contributed by atoms with van der Waals surface area (Å²) in [5, 5.41) is 12.0. The lowest BCUT2D eigenvalue weighted by molar-refractivity contribution is 0.140. The van der Waals surface area contributed by atoms with E-state index in [1.165, 1.54) is 30.8 Å². The Morgan fingerprint density at radius 3 is 2.69 bits per heavy atom. The lowest BCUT2D eigenvalue weighted by Gasteiger charge is -2.13. The fraction of sp³-hybridized carbons (Fsp3) is 0.0625. The molecule has 0 spiro atoms. The number of nitrogens with zero attached hydrogens (tertiary/aromatic N) is 6. The highest BCUT2D eigenvalue weighted by atomic mass is 32.1. The quantitative estimate of drug-likeness (QED) is 0.438. The molecule has 4 aromatic rings. The van der Waals surface area contributed by atoms with Gasteiger partial charge in [-0.3, -0.25) is 9.77 Å². The molecule has 0 aliphatic rings. The van der Waals surface area contributed by atoms with Gasteiger partial charge in [0.1, 0.15) is 11.4 Å². The first kappa shape index (κ1) is 16.1. The van der Waals surface area contributed by atoms with E-state index in [0.29, 0.717) is 22.5 Å². The number of para-hydroxylation sites is 2. The van der Waals surface area contributed by atoms with Crippen LogP contribution in [0.1, 0.15) is 0 Å². The Hall–Kier alpha value is -3.37. The molecule has 0 unspecified atom stereocenters. The molecule has 3 aromatic heterocycles. The largest absolute Gasteiger partial charge is 0.451 e. The second-order valence-electron chi connectivity index (χ2n) is 5.16. The van der Waals surface area contributed by atoms with Crippen LogP contribution in [-0.2, 0) is 4.74 Å². The van der Waals surface area contributed by atoms with Crippen molar-refractivity contribution >= 4 is 34.2 Å². The van der Waals surface area contributed by atoms with Crippen LogP contribution in [0.15, 0.2) is 47.5 Å². The zero-order valence-electron chi connectivity index (χ0n) is 13.5. The van der Waals surface area contributed by atoms with Gasteiger partial charge in [-0.25, -0.2) is 24.7 Å². The third kappa shape index (κ3) is 2.66. The van der Waals surface area contributed by atoms with Crippen LogP contribution in [0.3, 0.4) is 0 Å². The summed E-state index contributed by atoms with van der Waals surface area (Å²) in [5.74, 6) is 0.942. The molecule has 1 amide bonds. The molecule has 130 valence electrons. The number of fused-ring (bicyclic) bond motifs is 1. The molecule has 0 fully saturated rings. The molecule has 26 heavy (non-hydrogen) atoms. The molecule has 1 N–H and O–H groups in total. The first-order valence-electron chi connectivity index (χ1n) is 7.44. The van der Waals surface area contributed by atoms with Crippen molar-refractivity contribution < 1.29 is 14.7 Å². The highest BCUT2D eigenvalue weighted by Crippen LogP contribution is 2.27. The number of methoxy groups -OCH3 is 1. The van der Waals surface area contributed by atoms with Crippen LogP contribution in [0.5, 0.6) is 0 Å². The number of ether oxygens (including phenoxy) is 1. The molecule has 9 nitrogen and oxygen atoms in total. The average Bonchev–Trinajstić information content (AvgIpc) is 3.34. The van der Waals surface area contributed by atoms with Gasteiger partial charge in [0.25, 0.3) is 0 Å². The first-order valence-corrected chi connectivity index (χ1v) is 8.38. The number of amides is 1. The molecule has 1 aromatic carbocycles. The number of carbonyl (C=O) groups excluding carboxylic acids is 1. The normalized spacial score (nSPS) is 10.8. The molecule has 3 heterocycles. The molecule has 0 saturated carbocycles. The van der Waals surface area contributed by atoms with Gasteiger partial charge in [0.2, 0.25) is 5.95 Å². The van der Waals surface area contributed by atoms with Crippen molar-refractivity contribution in [2.75, 3.05) is 12.2 Å². The maximum atomic E-state index is 11.4. The Labute approximate surface area is 151 Å². The van der Waals surface area contributed by atoms with Crippen molar-refractivity contribution in [3.8, 4) is 17.5 Å². The van der Waals surface area contributed by atoms with E-state index in [9.17, 15) is 10.0 Å². The first-order chi connectivity index (χ1) is 12.7. The Balaban J connectivity index is 1.84. The van der Waals surface area contributed by atoms with Gasteiger partial charge >= 0.3 is 6.09 Å². The molecule has 0 aliphatic carbocycles. The van der Waals surface area contributed by atoms with Gasteiger partial charge < -0.3 is 4.74 Å². The van der Waals surface area contributed by atoms with E-state index in [1.54, 1.807) is 10.1 Å². The molecule has 0 aliphatic heterocycles. The van der Waals surface area contributed by atoms with E-state index in [0.717, 1.165) is 11.0 Å². The van der Waals surface area contributed by atoms with Crippen LogP contribution in [0.4, 0.5) is 10.5 Å². The Morgan fingerprint density at radius 2 is 2.00 bits per heavy atom. The number of aromatic nitrogens is 5. The monoisotopic (exact) mass is 368 g/mol. The van der Waals surface area contributed by atoms with Crippen LogP contribution in [0.25, 0.3) is 28.5 Å². The Bertz CT molecular complexity index is 1060. The molecule has 0 atom stereocenters. The Morgan fingerprint density at radius 1 is 1.23 bits per heavy atom. The van der Waals surface area contributed by atoms with Crippen molar-refractivity contribution in [3.63, 3.8) is 0 Å². The second kappa shape index (κ2) is 6.50. The van der Waals surface area contributed by atoms with Crippen LogP contribution in [0.2, 0.25) is 0 Å². The highest BCUT2D eigenvalue weighted by molar-refractivity contribution is 7.07. The summed E-state index contributed by atoms with van der Waals surface area (Å²) in [6.07, 6.45) is 1.70. The molecule has 10 heteroatoms. The number of hydrogen-bond acceptors (Lipinski definition) is 8. The summed E-state index contributed by atoms with van der Waals surface area (Å²) in [6, 6.07) is 7.59. The van der Waals surface area contributed by atoms with Gasteiger partial charge in [0, 0.05) is 5.38 Å². The van der Waals surface area contributed by atoms with Crippen molar-refractivity contribution in [1.82, 2.24) is 24.5 Å². The number of anilines is 1. The van der Waals surface area contributed by atoms with Crippen LogP contribution in [0, 0.1) is 0 Å². The van der Waals surface area contributed by atoms with Crippen molar-refractivity contribution in [2.45, 2.75) is 0 Å². The van der Waals surface area contributed by atoms with Crippen LogP contribution < -0.4 is 5.06 Å². The van der Waals surface area contributed by atoms with E-state index < -0.39 is 6.09 Å². The van der Waals surface area contributed by atoms with Gasteiger partial charge in [0.05, 0.1) is 36.0 Å². The third-order valence-corrected chi connectivity index (χ3v) is 4.23. The SMILES string of the molecule is COC(=O)N(O)c1cnc(-n2c(-c3cscn3)nc3ccccc32)nc1. The maximum Gasteiger partial charge on any atom is 0.438 e. The van der Waals surface area contributed by atoms with Gasteiger partial charge in [-0.15, -0.1) is 11.3 Å². The minimum Gasteiger partial charge on any atom is -0.451 e. The minimum absolute atomic E-state index is 0.0835. The average molecular weight is 368 g/mol. The number of imidazole rings is 1. The number of thiazole rings is 1. The lowest BCUT2D eigenvalue weighted by Crippen LogP contribution is -2.27. The van der Waals surface area contributed by atoms with Crippen LogP contribution in [-0.4, -0.2) is 42.9 Å². The smallest absolute Gasteiger partial charge is 0.438 e. The van der Waals surface area contributed by atoms with Gasteiger partial charge in [0.15, 0.2) is 5.82 Å². The van der Waals surface area contributed by atoms with Gasteiger partial charge in [-0.05, 0) is 12.1 Å². The zero-order chi connectivity index (χ0) is 18.1. The molecular weight excluding hydrogens is 356 g/mol.